The van der Waals surface area contributed by atoms with Crippen LogP contribution in [-0.2, 0) is 0 Å². The van der Waals surface area contributed by atoms with Crippen LogP contribution < -0.4 is 15.1 Å². The monoisotopic (exact) mass is 349 g/mol. The molecule has 1 amide bonds. The maximum atomic E-state index is 12.0. The Labute approximate surface area is 151 Å². The van der Waals surface area contributed by atoms with E-state index in [1.807, 2.05) is 36.5 Å². The van der Waals surface area contributed by atoms with Gasteiger partial charge < -0.3 is 19.5 Å². The molecule has 1 N–H and O–H groups in total. The largest absolute Gasteiger partial charge is 0.459 e. The summed E-state index contributed by atoms with van der Waals surface area (Å²) in [6.45, 7) is 3.55. The lowest BCUT2D eigenvalue weighted by Crippen LogP contribution is -2.47. The van der Waals surface area contributed by atoms with Gasteiger partial charge in [0.05, 0.1) is 18.1 Å². The van der Waals surface area contributed by atoms with Crippen molar-refractivity contribution in [3.63, 3.8) is 0 Å². The first kappa shape index (κ1) is 16.1. The van der Waals surface area contributed by atoms with Crippen molar-refractivity contribution in [3.8, 4) is 0 Å². The first-order valence-electron chi connectivity index (χ1n) is 8.51. The van der Waals surface area contributed by atoms with Crippen LogP contribution in [0.2, 0.25) is 0 Å². The quantitative estimate of drug-likeness (QED) is 0.780. The van der Waals surface area contributed by atoms with Crippen molar-refractivity contribution in [2.24, 2.45) is 0 Å². The molecule has 1 fully saturated rings. The van der Waals surface area contributed by atoms with Gasteiger partial charge in [0.2, 0.25) is 0 Å². The second-order valence-electron chi connectivity index (χ2n) is 6.00. The first-order valence-corrected chi connectivity index (χ1v) is 8.51. The van der Waals surface area contributed by atoms with Gasteiger partial charge >= 0.3 is 0 Å². The summed E-state index contributed by atoms with van der Waals surface area (Å²) in [5.41, 5.74) is 0.641. The smallest absolute Gasteiger partial charge is 0.291 e. The van der Waals surface area contributed by atoms with Crippen molar-refractivity contribution in [1.82, 2.24) is 9.97 Å². The Hall–Kier alpha value is -3.35. The summed E-state index contributed by atoms with van der Waals surface area (Å²) in [5, 5.41) is 2.77. The Morgan fingerprint density at radius 3 is 2.27 bits per heavy atom. The minimum atomic E-state index is -0.284. The second-order valence-corrected chi connectivity index (χ2v) is 6.00. The van der Waals surface area contributed by atoms with Crippen LogP contribution in [-0.4, -0.2) is 42.1 Å². The Morgan fingerprint density at radius 2 is 1.69 bits per heavy atom. The number of hydrogen-bond acceptors (Lipinski definition) is 6. The minimum Gasteiger partial charge on any atom is -0.459 e. The predicted molar refractivity (Wildman–Crippen MR) is 99.6 cm³/mol. The number of furan rings is 1. The molecule has 3 aromatic rings. The average Bonchev–Trinajstić information content (AvgIpc) is 3.25. The number of rotatable bonds is 4. The highest BCUT2D eigenvalue weighted by atomic mass is 16.3. The summed E-state index contributed by atoms with van der Waals surface area (Å²) in [6.07, 6.45) is 4.96. The van der Waals surface area contributed by atoms with Crippen LogP contribution in [0.15, 0.2) is 65.5 Å². The van der Waals surface area contributed by atoms with Gasteiger partial charge in [0.25, 0.3) is 5.91 Å². The molecule has 4 rings (SSSR count). The van der Waals surface area contributed by atoms with Gasteiger partial charge in [0, 0.05) is 32.4 Å². The zero-order valence-electron chi connectivity index (χ0n) is 14.2. The number of carbonyl (C=O) groups excluding carboxylic acids is 1. The van der Waals surface area contributed by atoms with Crippen molar-refractivity contribution in [2.75, 3.05) is 41.3 Å². The maximum absolute atomic E-state index is 12.0. The van der Waals surface area contributed by atoms with Crippen molar-refractivity contribution < 1.29 is 9.21 Å². The summed E-state index contributed by atoms with van der Waals surface area (Å²) in [7, 11) is 0. The molecule has 0 aliphatic carbocycles. The van der Waals surface area contributed by atoms with E-state index < -0.39 is 0 Å². The van der Waals surface area contributed by atoms with Crippen LogP contribution in [0.25, 0.3) is 0 Å². The van der Waals surface area contributed by atoms with E-state index in [4.69, 9.17) is 4.42 Å². The Kier molecular flexibility index (Phi) is 4.51. The SMILES string of the molecule is O=C(Nc1ccc(N2CCN(c3ccccn3)CC2)nc1)c1ccco1. The molecular formula is C19H19N5O2. The zero-order valence-corrected chi connectivity index (χ0v) is 14.2. The van der Waals surface area contributed by atoms with Gasteiger partial charge in [-0.15, -0.1) is 0 Å². The van der Waals surface area contributed by atoms with Crippen molar-refractivity contribution in [1.29, 1.82) is 0 Å². The number of amides is 1. The molecular weight excluding hydrogens is 330 g/mol. The molecule has 0 bridgehead atoms. The summed E-state index contributed by atoms with van der Waals surface area (Å²) >= 11 is 0. The third-order valence-corrected chi connectivity index (χ3v) is 4.33. The zero-order chi connectivity index (χ0) is 17.8. The fourth-order valence-corrected chi connectivity index (χ4v) is 2.95. The van der Waals surface area contributed by atoms with Crippen LogP contribution >= 0.6 is 0 Å². The lowest BCUT2D eigenvalue weighted by Gasteiger charge is -2.36. The van der Waals surface area contributed by atoms with Gasteiger partial charge in [-0.3, -0.25) is 4.79 Å². The van der Waals surface area contributed by atoms with Crippen molar-refractivity contribution >= 4 is 23.2 Å². The van der Waals surface area contributed by atoms with E-state index >= 15 is 0 Å². The Morgan fingerprint density at radius 1 is 0.923 bits per heavy atom. The molecule has 0 spiro atoms. The van der Waals surface area contributed by atoms with E-state index in [-0.39, 0.29) is 11.7 Å². The number of pyridine rings is 2. The molecule has 1 aliphatic rings. The number of piperazine rings is 1. The highest BCUT2D eigenvalue weighted by Gasteiger charge is 2.19. The fourth-order valence-electron chi connectivity index (χ4n) is 2.95. The molecule has 7 nitrogen and oxygen atoms in total. The molecule has 3 aromatic heterocycles. The van der Waals surface area contributed by atoms with Crippen molar-refractivity contribution in [3.05, 3.63) is 66.9 Å². The number of anilines is 3. The Bertz CT molecular complexity index is 841. The highest BCUT2D eigenvalue weighted by molar-refractivity contribution is 6.02. The van der Waals surface area contributed by atoms with Gasteiger partial charge in [-0.05, 0) is 36.4 Å². The summed E-state index contributed by atoms with van der Waals surface area (Å²) in [5.74, 6) is 1.91. The predicted octanol–water partition coefficient (Wildman–Crippen LogP) is 2.65. The summed E-state index contributed by atoms with van der Waals surface area (Å²) in [6, 6.07) is 13.0. The molecule has 1 aliphatic heterocycles. The number of nitrogens with one attached hydrogen (secondary N) is 1. The highest BCUT2D eigenvalue weighted by Crippen LogP contribution is 2.19. The number of hydrogen-bond donors (Lipinski definition) is 1. The van der Waals surface area contributed by atoms with Crippen LogP contribution in [0.4, 0.5) is 17.3 Å². The third kappa shape index (κ3) is 3.51. The van der Waals surface area contributed by atoms with Crippen LogP contribution in [0, 0.1) is 0 Å². The molecule has 0 aromatic carbocycles. The van der Waals surface area contributed by atoms with Gasteiger partial charge in [-0.1, -0.05) is 6.07 Å². The number of aromatic nitrogens is 2. The van der Waals surface area contributed by atoms with E-state index in [0.717, 1.165) is 37.8 Å². The second kappa shape index (κ2) is 7.26. The lowest BCUT2D eigenvalue weighted by molar-refractivity contribution is 0.0996. The van der Waals surface area contributed by atoms with Gasteiger partial charge in [0.1, 0.15) is 11.6 Å². The maximum Gasteiger partial charge on any atom is 0.291 e. The minimum absolute atomic E-state index is 0.278. The normalized spacial score (nSPS) is 14.3. The van der Waals surface area contributed by atoms with Gasteiger partial charge in [-0.25, -0.2) is 9.97 Å². The van der Waals surface area contributed by atoms with Gasteiger partial charge in [-0.2, -0.15) is 0 Å². The Balaban J connectivity index is 1.35. The molecule has 26 heavy (non-hydrogen) atoms. The van der Waals surface area contributed by atoms with Crippen LogP contribution in [0.5, 0.6) is 0 Å². The molecule has 0 atom stereocenters. The number of carbonyl (C=O) groups is 1. The van der Waals surface area contributed by atoms with Crippen LogP contribution in [0.1, 0.15) is 10.6 Å². The molecule has 1 saturated heterocycles. The molecule has 4 heterocycles. The fraction of sp³-hybridized carbons (Fsp3) is 0.211. The van der Waals surface area contributed by atoms with E-state index in [0.29, 0.717) is 5.69 Å². The summed E-state index contributed by atoms with van der Waals surface area (Å²) < 4.78 is 5.08. The average molecular weight is 349 g/mol. The summed E-state index contributed by atoms with van der Waals surface area (Å²) in [4.78, 5) is 25.4. The molecule has 0 radical (unpaired) electrons. The first-order chi connectivity index (χ1) is 12.8. The van der Waals surface area contributed by atoms with Crippen LogP contribution in [0.3, 0.4) is 0 Å². The van der Waals surface area contributed by atoms with Gasteiger partial charge in [0.15, 0.2) is 5.76 Å². The molecule has 132 valence electrons. The molecule has 7 heteroatoms. The molecule has 0 saturated carbocycles. The van der Waals surface area contributed by atoms with E-state index in [1.54, 1.807) is 18.3 Å². The lowest BCUT2D eigenvalue weighted by atomic mass is 10.3. The van der Waals surface area contributed by atoms with Crippen molar-refractivity contribution in [2.45, 2.75) is 0 Å². The van der Waals surface area contributed by atoms with E-state index in [2.05, 4.69) is 25.1 Å². The molecule has 0 unspecified atom stereocenters. The van der Waals surface area contributed by atoms with E-state index in [1.165, 1.54) is 6.26 Å². The van der Waals surface area contributed by atoms with E-state index in [9.17, 15) is 4.79 Å². The third-order valence-electron chi connectivity index (χ3n) is 4.33. The topological polar surface area (TPSA) is 74.5 Å². The number of nitrogens with zero attached hydrogens (tertiary/aromatic N) is 4. The standard InChI is InChI=1S/C19H19N5O2/c25-19(16-4-3-13-26-16)22-15-6-7-18(21-14-15)24-11-9-23(10-12-24)17-5-1-2-8-20-17/h1-8,13-14H,9-12H2,(H,22,25).